The highest BCUT2D eigenvalue weighted by atomic mass is 16.5. The van der Waals surface area contributed by atoms with Crippen LogP contribution in [0, 0.1) is 5.92 Å². The molecule has 30 heavy (non-hydrogen) atoms. The van der Waals surface area contributed by atoms with Crippen molar-refractivity contribution in [2.45, 2.75) is 52.0 Å². The summed E-state index contributed by atoms with van der Waals surface area (Å²) in [6.07, 6.45) is 6.78. The van der Waals surface area contributed by atoms with Gasteiger partial charge in [0.1, 0.15) is 0 Å². The molecule has 1 saturated carbocycles. The lowest BCUT2D eigenvalue weighted by Crippen LogP contribution is -2.53. The average molecular weight is 409 g/mol. The first-order chi connectivity index (χ1) is 14.8. The third-order valence-electron chi connectivity index (χ3n) is 6.71. The summed E-state index contributed by atoms with van der Waals surface area (Å²) < 4.78 is 5.43. The molecule has 0 radical (unpaired) electrons. The summed E-state index contributed by atoms with van der Waals surface area (Å²) in [4.78, 5) is 5.25. The zero-order valence-electron chi connectivity index (χ0n) is 19.3. The monoisotopic (exact) mass is 408 g/mol. The van der Waals surface area contributed by atoms with Crippen LogP contribution in [0.2, 0.25) is 0 Å². The second-order valence-corrected chi connectivity index (χ2v) is 8.50. The van der Waals surface area contributed by atoms with Gasteiger partial charge >= 0.3 is 0 Å². The van der Waals surface area contributed by atoms with Crippen LogP contribution >= 0.6 is 0 Å². The smallest absolute Gasteiger partial charge is 0.0477 e. The molecule has 2 aliphatic rings. The zero-order valence-corrected chi connectivity index (χ0v) is 19.3. The Morgan fingerprint density at radius 2 is 1.77 bits per heavy atom. The van der Waals surface area contributed by atoms with Crippen molar-refractivity contribution in [1.82, 2.24) is 9.80 Å². The maximum atomic E-state index is 5.43. The van der Waals surface area contributed by atoms with Gasteiger partial charge in [0.25, 0.3) is 0 Å². The van der Waals surface area contributed by atoms with Crippen molar-refractivity contribution >= 4 is 16.5 Å². The first-order valence-corrected chi connectivity index (χ1v) is 11.9. The van der Waals surface area contributed by atoms with Crippen LogP contribution in [0.1, 0.15) is 51.5 Å². The molecule has 164 valence electrons. The molecule has 1 heterocycles. The highest BCUT2D eigenvalue weighted by Crippen LogP contribution is 2.31. The Bertz CT molecular complexity index is 791. The standard InChI is InChI=1S/C25H34N2O.C2H6/c1-20(24-13-7-11-22-10-5-6-12-25(22)24)26-15-16-27(18-21-8-3-4-9-21)23(19-26)14-17-28-2;1-2/h5-7,10-13,21,23H,1,3-4,8-9,14-19H2,2H3;1-2H3. The maximum Gasteiger partial charge on any atom is 0.0477 e. The molecule has 0 spiro atoms. The van der Waals surface area contributed by atoms with Crippen LogP contribution in [0.25, 0.3) is 16.5 Å². The van der Waals surface area contributed by atoms with E-state index in [1.165, 1.54) is 54.3 Å². The summed E-state index contributed by atoms with van der Waals surface area (Å²) in [6.45, 7) is 13.9. The number of nitrogens with zero attached hydrogens (tertiary/aromatic N) is 2. The maximum absolute atomic E-state index is 5.43. The van der Waals surface area contributed by atoms with Crippen LogP contribution in [0.5, 0.6) is 0 Å². The quantitative estimate of drug-likeness (QED) is 0.555. The molecule has 0 aromatic heterocycles. The molecule has 1 atom stereocenters. The van der Waals surface area contributed by atoms with Gasteiger partial charge in [-0.1, -0.05) is 75.7 Å². The van der Waals surface area contributed by atoms with Gasteiger partial charge in [-0.15, -0.1) is 0 Å². The normalized spacial score (nSPS) is 20.2. The van der Waals surface area contributed by atoms with Crippen molar-refractivity contribution in [3.8, 4) is 0 Å². The number of methoxy groups -OCH3 is 1. The molecule has 0 N–H and O–H groups in total. The Morgan fingerprint density at radius 3 is 2.53 bits per heavy atom. The van der Waals surface area contributed by atoms with Crippen molar-refractivity contribution in [2.75, 3.05) is 39.9 Å². The van der Waals surface area contributed by atoms with Gasteiger partial charge in [0.05, 0.1) is 0 Å². The summed E-state index contributed by atoms with van der Waals surface area (Å²) in [5.41, 5.74) is 2.44. The minimum Gasteiger partial charge on any atom is -0.385 e. The fourth-order valence-electron chi connectivity index (χ4n) is 5.08. The van der Waals surface area contributed by atoms with E-state index in [9.17, 15) is 0 Å². The highest BCUT2D eigenvalue weighted by Gasteiger charge is 2.30. The minimum atomic E-state index is 0.557. The first-order valence-electron chi connectivity index (χ1n) is 11.9. The van der Waals surface area contributed by atoms with Crippen molar-refractivity contribution < 1.29 is 4.74 Å². The molecule has 3 nitrogen and oxygen atoms in total. The lowest BCUT2D eigenvalue weighted by atomic mass is 9.99. The molecule has 2 aromatic carbocycles. The molecule has 0 bridgehead atoms. The van der Waals surface area contributed by atoms with Gasteiger partial charge in [-0.3, -0.25) is 4.90 Å². The number of fused-ring (bicyclic) bond motifs is 1. The van der Waals surface area contributed by atoms with Crippen LogP contribution in [0.15, 0.2) is 49.0 Å². The molecule has 3 heteroatoms. The third-order valence-corrected chi connectivity index (χ3v) is 6.71. The molecular weight excluding hydrogens is 368 g/mol. The van der Waals surface area contributed by atoms with E-state index < -0.39 is 0 Å². The van der Waals surface area contributed by atoms with Gasteiger partial charge in [0, 0.05) is 57.2 Å². The molecule has 2 aromatic rings. The van der Waals surface area contributed by atoms with Crippen molar-refractivity contribution in [2.24, 2.45) is 5.92 Å². The fourth-order valence-corrected chi connectivity index (χ4v) is 5.08. The van der Waals surface area contributed by atoms with Gasteiger partial charge in [-0.2, -0.15) is 0 Å². The molecule has 1 saturated heterocycles. The van der Waals surface area contributed by atoms with E-state index in [1.807, 2.05) is 21.0 Å². The Morgan fingerprint density at radius 1 is 1.03 bits per heavy atom. The molecular formula is C27H40N2O. The van der Waals surface area contributed by atoms with Crippen molar-refractivity contribution in [3.63, 3.8) is 0 Å². The zero-order chi connectivity index (χ0) is 21.3. The molecule has 2 fully saturated rings. The average Bonchev–Trinajstić information content (AvgIpc) is 3.32. The van der Waals surface area contributed by atoms with E-state index in [-0.39, 0.29) is 0 Å². The number of hydrogen-bond acceptors (Lipinski definition) is 3. The molecule has 1 aliphatic carbocycles. The topological polar surface area (TPSA) is 15.7 Å². The molecule has 1 aliphatic heterocycles. The van der Waals surface area contributed by atoms with Gasteiger partial charge in [0.2, 0.25) is 0 Å². The predicted molar refractivity (Wildman–Crippen MR) is 130 cm³/mol. The first kappa shape index (κ1) is 22.8. The number of piperazine rings is 1. The molecule has 4 rings (SSSR count). The Labute approximate surface area is 183 Å². The predicted octanol–water partition coefficient (Wildman–Crippen LogP) is 6.05. The second kappa shape index (κ2) is 11.5. The molecule has 0 amide bonds. The van der Waals surface area contributed by atoms with Gasteiger partial charge < -0.3 is 9.64 Å². The summed E-state index contributed by atoms with van der Waals surface area (Å²) in [7, 11) is 1.82. The van der Waals surface area contributed by atoms with Gasteiger partial charge in [-0.05, 0) is 36.0 Å². The van der Waals surface area contributed by atoms with E-state index in [2.05, 4.69) is 58.8 Å². The highest BCUT2D eigenvalue weighted by molar-refractivity contribution is 5.93. The van der Waals surface area contributed by atoms with Gasteiger partial charge in [-0.25, -0.2) is 0 Å². The summed E-state index contributed by atoms with van der Waals surface area (Å²) in [5, 5.41) is 2.59. The number of ether oxygens (including phenoxy) is 1. The van der Waals surface area contributed by atoms with E-state index in [1.54, 1.807) is 0 Å². The van der Waals surface area contributed by atoms with Crippen molar-refractivity contribution in [3.05, 3.63) is 54.6 Å². The summed E-state index contributed by atoms with van der Waals surface area (Å²) in [5.74, 6) is 0.901. The van der Waals surface area contributed by atoms with Crippen LogP contribution in [-0.2, 0) is 4.74 Å². The fraction of sp³-hybridized carbons (Fsp3) is 0.556. The summed E-state index contributed by atoms with van der Waals surface area (Å²) >= 11 is 0. The second-order valence-electron chi connectivity index (χ2n) is 8.50. The van der Waals surface area contributed by atoms with Gasteiger partial charge in [0.15, 0.2) is 0 Å². The van der Waals surface area contributed by atoms with Crippen LogP contribution in [-0.4, -0.2) is 55.7 Å². The third kappa shape index (κ3) is 5.44. The SMILES string of the molecule is C=C(c1cccc2ccccc12)N1CCN(CC2CCCC2)C(CCOC)C1.CC. The lowest BCUT2D eigenvalue weighted by Gasteiger charge is -2.44. The Balaban J connectivity index is 0.00000124. The van der Waals surface area contributed by atoms with E-state index >= 15 is 0 Å². The number of rotatable bonds is 7. The minimum absolute atomic E-state index is 0.557. The Kier molecular flexibility index (Phi) is 8.77. The lowest BCUT2D eigenvalue weighted by molar-refractivity contribution is 0.0654. The van der Waals surface area contributed by atoms with Crippen molar-refractivity contribution in [1.29, 1.82) is 0 Å². The van der Waals surface area contributed by atoms with Crippen LogP contribution in [0.3, 0.4) is 0 Å². The largest absolute Gasteiger partial charge is 0.385 e. The Hall–Kier alpha value is -1.84. The van der Waals surface area contributed by atoms with E-state index in [4.69, 9.17) is 4.74 Å². The van der Waals surface area contributed by atoms with E-state index in [0.717, 1.165) is 38.6 Å². The number of hydrogen-bond donors (Lipinski definition) is 0. The van der Waals surface area contributed by atoms with Crippen LogP contribution in [0.4, 0.5) is 0 Å². The molecule has 1 unspecified atom stereocenters. The van der Waals surface area contributed by atoms with Crippen LogP contribution < -0.4 is 0 Å². The van der Waals surface area contributed by atoms with E-state index in [0.29, 0.717) is 6.04 Å². The summed E-state index contributed by atoms with van der Waals surface area (Å²) in [6, 6.07) is 15.8. The number of benzene rings is 2.